The molecular weight excluding hydrogens is 270 g/mol. The van der Waals surface area contributed by atoms with Gasteiger partial charge in [-0.25, -0.2) is 4.99 Å². The summed E-state index contributed by atoms with van der Waals surface area (Å²) in [6, 6.07) is 5.11. The summed E-state index contributed by atoms with van der Waals surface area (Å²) >= 11 is 3.40. The Morgan fingerprint density at radius 1 is 1.31 bits per heavy atom. The van der Waals surface area contributed by atoms with Crippen LogP contribution >= 0.6 is 15.9 Å². The molecule has 0 radical (unpaired) electrons. The minimum atomic E-state index is -0.0284. The van der Waals surface area contributed by atoms with Crippen LogP contribution in [0.1, 0.15) is 0 Å². The van der Waals surface area contributed by atoms with Crippen molar-refractivity contribution in [3.05, 3.63) is 51.4 Å². The third-order valence-corrected chi connectivity index (χ3v) is 2.98. The fourth-order valence-corrected chi connectivity index (χ4v) is 2.12. The van der Waals surface area contributed by atoms with Gasteiger partial charge in [-0.1, -0.05) is 6.07 Å². The molecule has 4 nitrogen and oxygen atoms in total. The Balaban J connectivity index is 2.17. The molecule has 0 aromatic carbocycles. The highest BCUT2D eigenvalue weighted by atomic mass is 79.9. The minimum Gasteiger partial charge on any atom is -0.313 e. The van der Waals surface area contributed by atoms with E-state index in [1.807, 2.05) is 29.3 Å². The summed E-state index contributed by atoms with van der Waals surface area (Å²) in [6.07, 6.45) is 5.78. The van der Waals surface area contributed by atoms with Crippen molar-refractivity contribution in [1.82, 2.24) is 9.47 Å². The molecule has 0 spiro atoms. The van der Waals surface area contributed by atoms with Gasteiger partial charge in [-0.15, -0.1) is 0 Å². The third kappa shape index (κ3) is 1.44. The van der Waals surface area contributed by atoms with Gasteiger partial charge in [-0.05, 0) is 34.1 Å². The Hall–Kier alpha value is -1.62. The molecule has 0 unspecified atom stereocenters. The van der Waals surface area contributed by atoms with Crippen molar-refractivity contribution in [2.24, 2.45) is 4.99 Å². The fraction of sp³-hybridized carbons (Fsp3) is 0.0909. The van der Waals surface area contributed by atoms with E-state index in [0.29, 0.717) is 12.5 Å². The van der Waals surface area contributed by atoms with Crippen LogP contribution in [-0.2, 0) is 6.67 Å². The Morgan fingerprint density at radius 2 is 2.19 bits per heavy atom. The molecule has 0 atom stereocenters. The van der Waals surface area contributed by atoms with Gasteiger partial charge in [0.2, 0.25) is 0 Å². The SMILES string of the molecule is O=c1cccc2n1CN1C=C(Br)C=CC1=N2. The number of halogens is 1. The quantitative estimate of drug-likeness (QED) is 0.727. The largest absolute Gasteiger partial charge is 0.313 e. The topological polar surface area (TPSA) is 37.6 Å². The first-order valence-corrected chi connectivity index (χ1v) is 5.64. The van der Waals surface area contributed by atoms with Crippen molar-refractivity contribution in [3.63, 3.8) is 0 Å². The van der Waals surface area contributed by atoms with Crippen molar-refractivity contribution in [2.45, 2.75) is 6.67 Å². The molecule has 0 saturated heterocycles. The van der Waals surface area contributed by atoms with Crippen LogP contribution in [0.15, 0.2) is 50.8 Å². The number of fused-ring (bicyclic) bond motifs is 2. The lowest BCUT2D eigenvalue weighted by Gasteiger charge is -2.28. The summed E-state index contributed by atoms with van der Waals surface area (Å²) in [7, 11) is 0. The molecule has 2 aliphatic heterocycles. The number of hydrogen-bond acceptors (Lipinski definition) is 3. The average Bonchev–Trinajstić information content (AvgIpc) is 2.28. The van der Waals surface area contributed by atoms with Gasteiger partial charge in [-0.3, -0.25) is 9.36 Å². The highest BCUT2D eigenvalue weighted by molar-refractivity contribution is 9.11. The smallest absolute Gasteiger partial charge is 0.253 e. The van der Waals surface area contributed by atoms with E-state index >= 15 is 0 Å². The van der Waals surface area contributed by atoms with Gasteiger partial charge in [0.1, 0.15) is 18.3 Å². The highest BCUT2D eigenvalue weighted by Crippen LogP contribution is 2.22. The molecule has 3 rings (SSSR count). The predicted octanol–water partition coefficient (Wildman–Crippen LogP) is 1.96. The highest BCUT2D eigenvalue weighted by Gasteiger charge is 2.18. The maximum atomic E-state index is 11.6. The molecule has 0 fully saturated rings. The maximum Gasteiger partial charge on any atom is 0.253 e. The lowest BCUT2D eigenvalue weighted by atomic mass is 10.3. The summed E-state index contributed by atoms with van der Waals surface area (Å²) < 4.78 is 2.61. The van der Waals surface area contributed by atoms with E-state index < -0.39 is 0 Å². The predicted molar refractivity (Wildman–Crippen MR) is 65.8 cm³/mol. The molecule has 1 aromatic rings. The zero-order valence-corrected chi connectivity index (χ0v) is 9.89. The molecule has 80 valence electrons. The van der Waals surface area contributed by atoms with E-state index in [-0.39, 0.29) is 5.56 Å². The first-order chi connectivity index (χ1) is 7.74. The van der Waals surface area contributed by atoms with E-state index in [2.05, 4.69) is 20.9 Å². The van der Waals surface area contributed by atoms with E-state index in [0.717, 1.165) is 10.3 Å². The Bertz CT molecular complexity index is 597. The second-order valence-electron chi connectivity index (χ2n) is 3.58. The van der Waals surface area contributed by atoms with Gasteiger partial charge in [0.25, 0.3) is 5.56 Å². The molecule has 0 N–H and O–H groups in total. The van der Waals surface area contributed by atoms with Gasteiger partial charge in [0.05, 0.1) is 0 Å². The monoisotopic (exact) mass is 277 g/mol. The van der Waals surface area contributed by atoms with Crippen LogP contribution < -0.4 is 5.56 Å². The van der Waals surface area contributed by atoms with E-state index in [4.69, 9.17) is 0 Å². The van der Waals surface area contributed by atoms with Gasteiger partial charge >= 0.3 is 0 Å². The zero-order chi connectivity index (χ0) is 11.1. The van der Waals surface area contributed by atoms with E-state index in [1.165, 1.54) is 0 Å². The lowest BCUT2D eigenvalue weighted by Crippen LogP contribution is -2.36. The molecule has 0 aliphatic carbocycles. The van der Waals surface area contributed by atoms with Crippen molar-refractivity contribution in [2.75, 3.05) is 0 Å². The number of allylic oxidation sites excluding steroid dienone is 2. The second-order valence-corrected chi connectivity index (χ2v) is 4.49. The number of hydrogen-bond donors (Lipinski definition) is 0. The summed E-state index contributed by atoms with van der Waals surface area (Å²) in [5.74, 6) is 1.56. The van der Waals surface area contributed by atoms with Gasteiger partial charge in [-0.2, -0.15) is 0 Å². The van der Waals surface area contributed by atoms with Crippen LogP contribution in [0.2, 0.25) is 0 Å². The van der Waals surface area contributed by atoms with Crippen molar-refractivity contribution in [1.29, 1.82) is 0 Å². The Labute approximate surface area is 100 Å². The van der Waals surface area contributed by atoms with Gasteiger partial charge < -0.3 is 4.90 Å². The maximum absolute atomic E-state index is 11.6. The summed E-state index contributed by atoms with van der Waals surface area (Å²) in [6.45, 7) is 0.507. The molecule has 0 amide bonds. The standard InChI is InChI=1S/C11H8BrN3O/c12-8-4-5-9-13-10-2-1-3-11(16)15(10)7-14(9)6-8/h1-6H,7H2. The molecule has 2 aliphatic rings. The van der Waals surface area contributed by atoms with Gasteiger partial charge in [0.15, 0.2) is 0 Å². The number of rotatable bonds is 0. The summed E-state index contributed by atoms with van der Waals surface area (Å²) in [5.41, 5.74) is -0.0284. The molecule has 16 heavy (non-hydrogen) atoms. The van der Waals surface area contributed by atoms with Crippen molar-refractivity contribution >= 4 is 27.6 Å². The number of nitrogens with zero attached hydrogens (tertiary/aromatic N) is 3. The first-order valence-electron chi connectivity index (χ1n) is 4.85. The summed E-state index contributed by atoms with van der Waals surface area (Å²) in [5, 5.41) is 0. The first kappa shape index (κ1) is 9.59. The fourth-order valence-electron chi connectivity index (χ4n) is 1.74. The van der Waals surface area contributed by atoms with Crippen LogP contribution in [0, 0.1) is 0 Å². The van der Waals surface area contributed by atoms with Gasteiger partial charge in [0, 0.05) is 16.7 Å². The zero-order valence-electron chi connectivity index (χ0n) is 8.30. The number of pyridine rings is 1. The van der Waals surface area contributed by atoms with Crippen molar-refractivity contribution in [3.8, 4) is 0 Å². The van der Waals surface area contributed by atoms with E-state index in [9.17, 15) is 4.79 Å². The molecule has 0 bridgehead atoms. The van der Waals surface area contributed by atoms with Crippen LogP contribution in [0.25, 0.3) is 0 Å². The lowest BCUT2D eigenvalue weighted by molar-refractivity contribution is 0.420. The van der Waals surface area contributed by atoms with E-state index in [1.54, 1.807) is 16.7 Å². The molecule has 3 heterocycles. The second kappa shape index (κ2) is 3.45. The van der Waals surface area contributed by atoms with Crippen LogP contribution in [0.3, 0.4) is 0 Å². The molecule has 1 aromatic heterocycles. The van der Waals surface area contributed by atoms with Crippen LogP contribution in [-0.4, -0.2) is 15.3 Å². The normalized spacial score (nSPS) is 17.4. The van der Waals surface area contributed by atoms with Crippen molar-refractivity contribution < 1.29 is 0 Å². The number of aliphatic imine (C=N–C) groups is 1. The number of aromatic nitrogens is 1. The average molecular weight is 278 g/mol. The number of amidine groups is 1. The van der Waals surface area contributed by atoms with Crippen LogP contribution in [0.5, 0.6) is 0 Å². The molecule has 5 heteroatoms. The van der Waals surface area contributed by atoms with Crippen LogP contribution in [0.4, 0.5) is 5.82 Å². The Morgan fingerprint density at radius 3 is 3.06 bits per heavy atom. The Kier molecular flexibility index (Phi) is 2.07. The summed E-state index contributed by atoms with van der Waals surface area (Å²) in [4.78, 5) is 18.0. The third-order valence-electron chi connectivity index (χ3n) is 2.51. The minimum absolute atomic E-state index is 0.0284. The molecule has 0 saturated carbocycles. The molecular formula is C11H8BrN3O.